The lowest BCUT2D eigenvalue weighted by molar-refractivity contribution is 0.148. The van der Waals surface area contributed by atoms with Gasteiger partial charge in [-0.2, -0.15) is 0 Å². The Hall–Kier alpha value is -2.18. The fraction of sp³-hybridized carbons (Fsp3) is 0.316. The number of piperazine rings is 1. The van der Waals surface area contributed by atoms with Gasteiger partial charge in [-0.05, 0) is 36.2 Å². The highest BCUT2D eigenvalue weighted by Crippen LogP contribution is 2.16. The quantitative estimate of drug-likeness (QED) is 0.871. The maximum Gasteiger partial charge on any atom is 0.322 e. The van der Waals surface area contributed by atoms with Gasteiger partial charge in [0.05, 0.1) is 5.69 Å². The van der Waals surface area contributed by atoms with E-state index in [1.807, 2.05) is 24.3 Å². The molecule has 1 N–H and O–H groups in total. The van der Waals surface area contributed by atoms with Gasteiger partial charge in [-0.15, -0.1) is 0 Å². The smallest absolute Gasteiger partial charge is 0.322 e. The van der Waals surface area contributed by atoms with Crippen molar-refractivity contribution in [2.75, 3.05) is 38.0 Å². The number of rotatable bonds is 4. The molecule has 1 aliphatic rings. The zero-order chi connectivity index (χ0) is 18.5. The van der Waals surface area contributed by atoms with Gasteiger partial charge < -0.3 is 10.2 Å². The van der Waals surface area contributed by atoms with Crippen LogP contribution in [-0.2, 0) is 6.42 Å². The third-order valence-electron chi connectivity index (χ3n) is 4.46. The first kappa shape index (κ1) is 18.6. The van der Waals surface area contributed by atoms with Gasteiger partial charge in [0.15, 0.2) is 0 Å². The molecule has 4 nitrogen and oxygen atoms in total. The van der Waals surface area contributed by atoms with E-state index in [1.165, 1.54) is 11.6 Å². The normalized spacial score (nSPS) is 15.1. The molecule has 0 radical (unpaired) electrons. The van der Waals surface area contributed by atoms with Gasteiger partial charge >= 0.3 is 6.03 Å². The van der Waals surface area contributed by atoms with Gasteiger partial charge in [0.1, 0.15) is 11.6 Å². The fourth-order valence-corrected chi connectivity index (χ4v) is 3.02. The monoisotopic (exact) mass is 379 g/mol. The molecule has 2 amide bonds. The molecule has 2 aromatic carbocycles. The first-order valence-electron chi connectivity index (χ1n) is 8.49. The molecule has 0 aliphatic carbocycles. The van der Waals surface area contributed by atoms with Crippen LogP contribution in [0, 0.1) is 11.6 Å². The summed E-state index contributed by atoms with van der Waals surface area (Å²) in [5.74, 6) is -1.45. The second-order valence-corrected chi connectivity index (χ2v) is 6.70. The average Bonchev–Trinajstić information content (AvgIpc) is 2.64. The molecule has 0 unspecified atom stereocenters. The second-order valence-electron chi connectivity index (χ2n) is 6.26. The molecular weight excluding hydrogens is 360 g/mol. The Morgan fingerprint density at radius 3 is 2.38 bits per heavy atom. The van der Waals surface area contributed by atoms with Crippen LogP contribution in [0.3, 0.4) is 0 Å². The lowest BCUT2D eigenvalue weighted by Gasteiger charge is -2.34. The van der Waals surface area contributed by atoms with Crippen LogP contribution in [0.2, 0.25) is 5.02 Å². The Bertz CT molecular complexity index is 762. The maximum absolute atomic E-state index is 13.6. The fourth-order valence-electron chi connectivity index (χ4n) is 2.90. The summed E-state index contributed by atoms with van der Waals surface area (Å²) in [6.45, 7) is 3.55. The molecule has 1 heterocycles. The van der Waals surface area contributed by atoms with Crippen molar-refractivity contribution >= 4 is 23.3 Å². The van der Waals surface area contributed by atoms with Crippen LogP contribution in [0.5, 0.6) is 0 Å². The number of amides is 2. The summed E-state index contributed by atoms with van der Waals surface area (Å²) in [5.41, 5.74) is 1.21. The summed E-state index contributed by atoms with van der Waals surface area (Å²) < 4.78 is 26.6. The molecule has 2 aromatic rings. The molecule has 0 atom stereocenters. The van der Waals surface area contributed by atoms with Gasteiger partial charge in [-0.25, -0.2) is 13.6 Å². The van der Waals surface area contributed by atoms with Crippen molar-refractivity contribution < 1.29 is 13.6 Å². The van der Waals surface area contributed by atoms with Crippen LogP contribution in [0.15, 0.2) is 42.5 Å². The predicted octanol–water partition coefficient (Wildman–Crippen LogP) is 4.01. The van der Waals surface area contributed by atoms with E-state index in [-0.39, 0.29) is 11.7 Å². The van der Waals surface area contributed by atoms with Crippen LogP contribution >= 0.6 is 11.6 Å². The van der Waals surface area contributed by atoms with Crippen molar-refractivity contribution in [3.63, 3.8) is 0 Å². The molecular formula is C19H20ClF2N3O. The SMILES string of the molecule is O=C(Nc1ccc(F)cc1F)N1CCN(CCc2ccc(Cl)cc2)CC1. The Morgan fingerprint density at radius 1 is 1.04 bits per heavy atom. The van der Waals surface area contributed by atoms with Crippen molar-refractivity contribution in [2.45, 2.75) is 6.42 Å². The number of nitrogens with one attached hydrogen (secondary N) is 1. The highest BCUT2D eigenvalue weighted by atomic mass is 35.5. The van der Waals surface area contributed by atoms with Crippen molar-refractivity contribution in [3.05, 3.63) is 64.7 Å². The van der Waals surface area contributed by atoms with E-state index >= 15 is 0 Å². The van der Waals surface area contributed by atoms with E-state index in [4.69, 9.17) is 11.6 Å². The Kier molecular flexibility index (Phi) is 6.06. The zero-order valence-electron chi connectivity index (χ0n) is 14.2. The molecule has 1 saturated heterocycles. The number of hydrogen-bond donors (Lipinski definition) is 1. The van der Waals surface area contributed by atoms with Crippen LogP contribution in [0.25, 0.3) is 0 Å². The molecule has 0 spiro atoms. The third kappa shape index (κ3) is 4.93. The Morgan fingerprint density at radius 2 is 1.73 bits per heavy atom. The standard InChI is InChI=1S/C19H20ClF2N3O/c20-15-3-1-14(2-4-15)7-8-24-9-11-25(12-10-24)19(26)23-18-6-5-16(21)13-17(18)22/h1-6,13H,7-12H2,(H,23,26). The minimum atomic E-state index is -0.778. The first-order chi connectivity index (χ1) is 12.5. The molecule has 7 heteroatoms. The molecule has 138 valence electrons. The molecule has 3 rings (SSSR count). The van der Waals surface area contributed by atoms with Gasteiger partial charge in [0.25, 0.3) is 0 Å². The van der Waals surface area contributed by atoms with E-state index in [9.17, 15) is 13.6 Å². The topological polar surface area (TPSA) is 35.6 Å². The number of hydrogen-bond acceptors (Lipinski definition) is 2. The molecule has 26 heavy (non-hydrogen) atoms. The number of urea groups is 1. The van der Waals surface area contributed by atoms with E-state index in [1.54, 1.807) is 4.90 Å². The maximum atomic E-state index is 13.6. The summed E-state index contributed by atoms with van der Waals surface area (Å²) in [4.78, 5) is 16.2. The average molecular weight is 380 g/mol. The molecule has 0 aromatic heterocycles. The van der Waals surface area contributed by atoms with Gasteiger partial charge in [0.2, 0.25) is 0 Å². The van der Waals surface area contributed by atoms with Crippen LogP contribution in [-0.4, -0.2) is 48.6 Å². The number of anilines is 1. The number of nitrogens with zero attached hydrogens (tertiary/aromatic N) is 2. The molecule has 1 aliphatic heterocycles. The first-order valence-corrected chi connectivity index (χ1v) is 8.87. The van der Waals surface area contributed by atoms with Gasteiger partial charge in [-0.3, -0.25) is 4.90 Å². The largest absolute Gasteiger partial charge is 0.322 e. The van der Waals surface area contributed by atoms with Gasteiger partial charge in [-0.1, -0.05) is 23.7 Å². The molecule has 0 bridgehead atoms. The predicted molar refractivity (Wildman–Crippen MR) is 98.5 cm³/mol. The van der Waals surface area contributed by atoms with Crippen molar-refractivity contribution in [2.24, 2.45) is 0 Å². The second kappa shape index (κ2) is 8.47. The summed E-state index contributed by atoms with van der Waals surface area (Å²) in [6.07, 6.45) is 0.921. The highest BCUT2D eigenvalue weighted by molar-refractivity contribution is 6.30. The lowest BCUT2D eigenvalue weighted by atomic mass is 10.1. The van der Waals surface area contributed by atoms with E-state index < -0.39 is 11.6 Å². The molecule has 0 saturated carbocycles. The van der Waals surface area contributed by atoms with E-state index in [2.05, 4.69) is 10.2 Å². The lowest BCUT2D eigenvalue weighted by Crippen LogP contribution is -2.50. The third-order valence-corrected chi connectivity index (χ3v) is 4.71. The minimum Gasteiger partial charge on any atom is -0.322 e. The van der Waals surface area contributed by atoms with E-state index in [0.717, 1.165) is 43.2 Å². The van der Waals surface area contributed by atoms with E-state index in [0.29, 0.717) is 13.1 Å². The Balaban J connectivity index is 1.45. The van der Waals surface area contributed by atoms with Crippen LogP contribution in [0.4, 0.5) is 19.3 Å². The summed E-state index contributed by atoms with van der Waals surface area (Å²) in [7, 11) is 0. The highest BCUT2D eigenvalue weighted by Gasteiger charge is 2.21. The summed E-state index contributed by atoms with van der Waals surface area (Å²) in [5, 5.41) is 3.23. The Labute approximate surface area is 156 Å². The van der Waals surface area contributed by atoms with Crippen molar-refractivity contribution in [1.82, 2.24) is 9.80 Å². The summed E-state index contributed by atoms with van der Waals surface area (Å²) >= 11 is 5.89. The van der Waals surface area contributed by atoms with Gasteiger partial charge in [0, 0.05) is 43.8 Å². The molecule has 1 fully saturated rings. The number of carbonyl (C=O) groups is 1. The zero-order valence-corrected chi connectivity index (χ0v) is 15.0. The minimum absolute atomic E-state index is 0.0124. The summed E-state index contributed by atoms with van der Waals surface area (Å²) in [6, 6.07) is 10.5. The van der Waals surface area contributed by atoms with Crippen molar-refractivity contribution in [1.29, 1.82) is 0 Å². The van der Waals surface area contributed by atoms with Crippen LogP contribution < -0.4 is 5.32 Å². The number of benzene rings is 2. The van der Waals surface area contributed by atoms with Crippen LogP contribution in [0.1, 0.15) is 5.56 Å². The number of halogens is 3. The number of carbonyl (C=O) groups excluding carboxylic acids is 1. The van der Waals surface area contributed by atoms with Crippen molar-refractivity contribution in [3.8, 4) is 0 Å².